The summed E-state index contributed by atoms with van der Waals surface area (Å²) in [5.41, 5.74) is 7.66. The minimum absolute atomic E-state index is 0.297. The summed E-state index contributed by atoms with van der Waals surface area (Å²) in [6.07, 6.45) is 1.30. The Balaban J connectivity index is 1.81. The van der Waals surface area contributed by atoms with Gasteiger partial charge in [0.05, 0.1) is 5.75 Å². The fraction of sp³-hybridized carbons (Fsp3) is 0.500. The topological polar surface area (TPSA) is 63.4 Å². The molecule has 0 radical (unpaired) electrons. The summed E-state index contributed by atoms with van der Waals surface area (Å²) in [7, 11) is -2.83. The van der Waals surface area contributed by atoms with Crippen LogP contribution in [0.5, 0.6) is 0 Å². The quantitative estimate of drug-likeness (QED) is 0.805. The summed E-state index contributed by atoms with van der Waals surface area (Å²) in [4.78, 5) is 2.24. The Morgan fingerprint density at radius 3 is 2.71 bits per heavy atom. The van der Waals surface area contributed by atoms with E-state index in [4.69, 9.17) is 5.73 Å². The number of likely N-dealkylation sites (tertiary alicyclic amines) is 1. The molecule has 1 heterocycles. The van der Waals surface area contributed by atoms with E-state index in [9.17, 15) is 8.42 Å². The Hall–Kier alpha value is -1.07. The van der Waals surface area contributed by atoms with Crippen molar-refractivity contribution in [2.24, 2.45) is 5.92 Å². The lowest BCUT2D eigenvalue weighted by Gasteiger charge is -2.39. The van der Waals surface area contributed by atoms with Gasteiger partial charge in [-0.3, -0.25) is 4.90 Å². The molecule has 1 aromatic rings. The van der Waals surface area contributed by atoms with Crippen molar-refractivity contribution in [3.05, 3.63) is 29.8 Å². The molecule has 94 valence electrons. The van der Waals surface area contributed by atoms with Gasteiger partial charge in [-0.15, -0.1) is 0 Å². The van der Waals surface area contributed by atoms with Gasteiger partial charge in [-0.1, -0.05) is 12.1 Å². The lowest BCUT2D eigenvalue weighted by Crippen LogP contribution is -2.48. The SMILES string of the molecule is CS(=O)(=O)CC1CN(Cc2cccc(N)c2)C1. The van der Waals surface area contributed by atoms with Gasteiger partial charge in [-0.2, -0.15) is 0 Å². The zero-order valence-electron chi connectivity index (χ0n) is 9.96. The molecule has 2 rings (SSSR count). The van der Waals surface area contributed by atoms with Gasteiger partial charge < -0.3 is 5.73 Å². The number of hydrogen-bond donors (Lipinski definition) is 1. The van der Waals surface area contributed by atoms with Crippen LogP contribution in [0.25, 0.3) is 0 Å². The highest BCUT2D eigenvalue weighted by molar-refractivity contribution is 7.90. The smallest absolute Gasteiger partial charge is 0.147 e. The average Bonchev–Trinajstić information content (AvgIpc) is 2.12. The first-order valence-electron chi connectivity index (χ1n) is 5.67. The molecule has 1 saturated heterocycles. The third-order valence-electron chi connectivity index (χ3n) is 2.93. The predicted molar refractivity (Wildman–Crippen MR) is 69.3 cm³/mol. The molecule has 1 fully saturated rings. The van der Waals surface area contributed by atoms with Gasteiger partial charge in [-0.05, 0) is 23.6 Å². The number of anilines is 1. The lowest BCUT2D eigenvalue weighted by molar-refractivity contribution is 0.107. The summed E-state index contributed by atoms with van der Waals surface area (Å²) in [6.45, 7) is 2.58. The van der Waals surface area contributed by atoms with Gasteiger partial charge in [0.25, 0.3) is 0 Å². The Labute approximate surface area is 102 Å². The molecule has 0 spiro atoms. The molecule has 1 aromatic carbocycles. The van der Waals surface area contributed by atoms with Crippen LogP contribution in [-0.4, -0.2) is 38.4 Å². The summed E-state index contributed by atoms with van der Waals surface area (Å²) in [5, 5.41) is 0. The zero-order chi connectivity index (χ0) is 12.5. The first-order chi connectivity index (χ1) is 7.92. The van der Waals surface area contributed by atoms with E-state index >= 15 is 0 Å². The highest BCUT2D eigenvalue weighted by Crippen LogP contribution is 2.20. The first-order valence-corrected chi connectivity index (χ1v) is 7.73. The summed E-state index contributed by atoms with van der Waals surface area (Å²) in [5.74, 6) is 0.603. The molecule has 2 N–H and O–H groups in total. The Morgan fingerprint density at radius 2 is 2.12 bits per heavy atom. The van der Waals surface area contributed by atoms with Gasteiger partial charge in [0.2, 0.25) is 0 Å². The lowest BCUT2D eigenvalue weighted by atomic mass is 10.0. The fourth-order valence-electron chi connectivity index (χ4n) is 2.29. The molecular formula is C12H18N2O2S. The van der Waals surface area contributed by atoms with Crippen LogP contribution < -0.4 is 5.73 Å². The molecule has 4 nitrogen and oxygen atoms in total. The van der Waals surface area contributed by atoms with Crippen LogP contribution in [0, 0.1) is 5.92 Å². The van der Waals surface area contributed by atoms with E-state index in [0.29, 0.717) is 11.7 Å². The molecule has 1 aliphatic heterocycles. The molecule has 0 aliphatic carbocycles. The number of nitrogens with zero attached hydrogens (tertiary/aromatic N) is 1. The van der Waals surface area contributed by atoms with Gasteiger partial charge in [-0.25, -0.2) is 8.42 Å². The Bertz CT molecular complexity index is 493. The van der Waals surface area contributed by atoms with E-state index in [-0.39, 0.29) is 0 Å². The van der Waals surface area contributed by atoms with Gasteiger partial charge >= 0.3 is 0 Å². The number of nitrogen functional groups attached to an aromatic ring is 1. The van der Waals surface area contributed by atoms with Crippen molar-refractivity contribution in [1.82, 2.24) is 4.90 Å². The molecule has 1 aliphatic rings. The Morgan fingerprint density at radius 1 is 1.41 bits per heavy atom. The largest absolute Gasteiger partial charge is 0.399 e. The van der Waals surface area contributed by atoms with Crippen molar-refractivity contribution in [3.8, 4) is 0 Å². The minimum atomic E-state index is -2.83. The average molecular weight is 254 g/mol. The van der Waals surface area contributed by atoms with Crippen molar-refractivity contribution in [1.29, 1.82) is 0 Å². The zero-order valence-corrected chi connectivity index (χ0v) is 10.8. The van der Waals surface area contributed by atoms with Crippen molar-refractivity contribution < 1.29 is 8.42 Å². The number of benzene rings is 1. The van der Waals surface area contributed by atoms with E-state index in [0.717, 1.165) is 25.3 Å². The maximum Gasteiger partial charge on any atom is 0.147 e. The van der Waals surface area contributed by atoms with Crippen LogP contribution >= 0.6 is 0 Å². The molecular weight excluding hydrogens is 236 g/mol. The van der Waals surface area contributed by atoms with Crippen molar-refractivity contribution >= 4 is 15.5 Å². The van der Waals surface area contributed by atoms with Gasteiger partial charge in [0.1, 0.15) is 9.84 Å². The monoisotopic (exact) mass is 254 g/mol. The molecule has 0 unspecified atom stereocenters. The van der Waals surface area contributed by atoms with E-state index in [1.807, 2.05) is 24.3 Å². The van der Waals surface area contributed by atoms with Crippen LogP contribution in [0.3, 0.4) is 0 Å². The van der Waals surface area contributed by atoms with Crippen LogP contribution in [-0.2, 0) is 16.4 Å². The Kier molecular flexibility index (Phi) is 3.40. The maximum absolute atomic E-state index is 11.1. The third kappa shape index (κ3) is 3.71. The molecule has 0 amide bonds. The summed E-state index contributed by atoms with van der Waals surface area (Å²) >= 11 is 0. The van der Waals surface area contributed by atoms with E-state index in [2.05, 4.69) is 4.90 Å². The minimum Gasteiger partial charge on any atom is -0.399 e. The highest BCUT2D eigenvalue weighted by atomic mass is 32.2. The second kappa shape index (κ2) is 4.66. The molecule has 0 aromatic heterocycles. The number of hydrogen-bond acceptors (Lipinski definition) is 4. The fourth-order valence-corrected chi connectivity index (χ4v) is 3.36. The summed E-state index contributed by atoms with van der Waals surface area (Å²) < 4.78 is 22.2. The van der Waals surface area contributed by atoms with E-state index in [1.165, 1.54) is 11.8 Å². The molecule has 17 heavy (non-hydrogen) atoms. The molecule has 0 atom stereocenters. The molecule has 0 bridgehead atoms. The highest BCUT2D eigenvalue weighted by Gasteiger charge is 2.29. The predicted octanol–water partition coefficient (Wildman–Crippen LogP) is 0.745. The van der Waals surface area contributed by atoms with E-state index in [1.54, 1.807) is 0 Å². The van der Waals surface area contributed by atoms with Crippen LogP contribution in [0.1, 0.15) is 5.56 Å². The van der Waals surface area contributed by atoms with E-state index < -0.39 is 9.84 Å². The first kappa shape index (κ1) is 12.4. The molecule has 0 saturated carbocycles. The van der Waals surface area contributed by atoms with Crippen LogP contribution in [0.4, 0.5) is 5.69 Å². The third-order valence-corrected chi connectivity index (χ3v) is 4.01. The van der Waals surface area contributed by atoms with Crippen molar-refractivity contribution in [3.63, 3.8) is 0 Å². The number of rotatable bonds is 4. The second-order valence-electron chi connectivity index (χ2n) is 4.90. The summed E-state index contributed by atoms with van der Waals surface area (Å²) in [6, 6.07) is 7.81. The van der Waals surface area contributed by atoms with Crippen molar-refractivity contribution in [2.45, 2.75) is 6.54 Å². The number of sulfone groups is 1. The van der Waals surface area contributed by atoms with Gasteiger partial charge in [0.15, 0.2) is 0 Å². The van der Waals surface area contributed by atoms with Crippen molar-refractivity contribution in [2.75, 3.05) is 30.8 Å². The standard InChI is InChI=1S/C12H18N2O2S/c1-17(15,16)9-11-7-14(8-11)6-10-3-2-4-12(13)5-10/h2-5,11H,6-9,13H2,1H3. The number of nitrogens with two attached hydrogens (primary N) is 1. The van der Waals surface area contributed by atoms with Gasteiger partial charge in [0, 0.05) is 31.6 Å². The molecule has 5 heteroatoms. The maximum atomic E-state index is 11.1. The van der Waals surface area contributed by atoms with Crippen LogP contribution in [0.2, 0.25) is 0 Å². The normalized spacial score (nSPS) is 17.9. The second-order valence-corrected chi connectivity index (χ2v) is 7.08. The van der Waals surface area contributed by atoms with Crippen LogP contribution in [0.15, 0.2) is 24.3 Å².